The summed E-state index contributed by atoms with van der Waals surface area (Å²) < 4.78 is 0. The molecule has 1 aromatic heterocycles. The fourth-order valence-corrected chi connectivity index (χ4v) is 1.73. The maximum absolute atomic E-state index is 9.10. The van der Waals surface area contributed by atoms with Crippen molar-refractivity contribution in [2.75, 3.05) is 36.5 Å². The Morgan fingerprint density at radius 3 is 2.82 bits per heavy atom. The Labute approximate surface area is 104 Å². The number of pyridine rings is 1. The molecule has 4 heteroatoms. The summed E-state index contributed by atoms with van der Waals surface area (Å²) in [5.41, 5.74) is 1.12. The first-order chi connectivity index (χ1) is 8.31. The monoisotopic (exact) mass is 237 g/mol. The van der Waals surface area contributed by atoms with Crippen LogP contribution in [0.15, 0.2) is 18.3 Å². The lowest BCUT2D eigenvalue weighted by Gasteiger charge is -2.24. The predicted octanol–water partition coefficient (Wildman–Crippen LogP) is 2.11. The lowest BCUT2D eigenvalue weighted by molar-refractivity contribution is 0.301. The van der Waals surface area contributed by atoms with Crippen LogP contribution in [0.2, 0.25) is 0 Å². The van der Waals surface area contributed by atoms with Crippen molar-refractivity contribution in [3.8, 4) is 0 Å². The molecule has 0 bridgehead atoms. The standard InChI is InChI=1S/C13H23N3O/c1-3-5-8-16(9-10-17)12-6-7-15-13(11-12)14-4-2/h6-7,11,17H,3-5,8-10H2,1-2H3,(H,14,15). The second-order valence-electron chi connectivity index (χ2n) is 3.99. The van der Waals surface area contributed by atoms with Gasteiger partial charge in [0.2, 0.25) is 0 Å². The van der Waals surface area contributed by atoms with Crippen LogP contribution in [-0.4, -0.2) is 36.3 Å². The third kappa shape index (κ3) is 4.61. The van der Waals surface area contributed by atoms with Gasteiger partial charge < -0.3 is 15.3 Å². The number of hydrogen-bond acceptors (Lipinski definition) is 4. The van der Waals surface area contributed by atoms with E-state index in [0.29, 0.717) is 6.54 Å². The third-order valence-corrected chi connectivity index (χ3v) is 2.62. The molecule has 2 N–H and O–H groups in total. The number of nitrogens with one attached hydrogen (secondary N) is 1. The van der Waals surface area contributed by atoms with Gasteiger partial charge in [-0.3, -0.25) is 0 Å². The first kappa shape index (κ1) is 13.8. The highest BCUT2D eigenvalue weighted by Crippen LogP contribution is 2.17. The van der Waals surface area contributed by atoms with E-state index >= 15 is 0 Å². The van der Waals surface area contributed by atoms with E-state index in [1.807, 2.05) is 18.3 Å². The average Bonchev–Trinajstić information content (AvgIpc) is 2.35. The molecule has 1 aromatic rings. The Kier molecular flexibility index (Phi) is 6.40. The molecule has 0 aliphatic heterocycles. The van der Waals surface area contributed by atoms with Crippen LogP contribution in [0.3, 0.4) is 0 Å². The number of rotatable bonds is 8. The van der Waals surface area contributed by atoms with Gasteiger partial charge >= 0.3 is 0 Å². The molecule has 0 unspecified atom stereocenters. The SMILES string of the molecule is CCCCN(CCO)c1ccnc(NCC)c1. The fourth-order valence-electron chi connectivity index (χ4n) is 1.73. The Morgan fingerprint density at radius 2 is 2.18 bits per heavy atom. The summed E-state index contributed by atoms with van der Waals surface area (Å²) in [6.45, 7) is 6.93. The maximum atomic E-state index is 9.10. The largest absolute Gasteiger partial charge is 0.395 e. The first-order valence-electron chi connectivity index (χ1n) is 6.37. The van der Waals surface area contributed by atoms with Gasteiger partial charge in [-0.05, 0) is 19.4 Å². The molecule has 0 atom stereocenters. The zero-order valence-corrected chi connectivity index (χ0v) is 10.8. The molecule has 0 spiro atoms. The topological polar surface area (TPSA) is 48.4 Å². The van der Waals surface area contributed by atoms with Crippen LogP contribution < -0.4 is 10.2 Å². The van der Waals surface area contributed by atoms with E-state index in [1.165, 1.54) is 0 Å². The summed E-state index contributed by atoms with van der Waals surface area (Å²) in [7, 11) is 0. The Hall–Kier alpha value is -1.29. The van der Waals surface area contributed by atoms with E-state index in [1.54, 1.807) is 0 Å². The highest BCUT2D eigenvalue weighted by atomic mass is 16.3. The van der Waals surface area contributed by atoms with Crippen molar-refractivity contribution in [2.45, 2.75) is 26.7 Å². The van der Waals surface area contributed by atoms with Crippen LogP contribution in [0, 0.1) is 0 Å². The average molecular weight is 237 g/mol. The number of hydrogen-bond donors (Lipinski definition) is 2. The van der Waals surface area contributed by atoms with E-state index in [4.69, 9.17) is 5.11 Å². The van der Waals surface area contributed by atoms with E-state index in [0.717, 1.165) is 37.4 Å². The Balaban J connectivity index is 2.73. The molecule has 0 aliphatic rings. The highest BCUT2D eigenvalue weighted by Gasteiger charge is 2.06. The molecule has 0 aromatic carbocycles. The van der Waals surface area contributed by atoms with Crippen molar-refractivity contribution in [2.24, 2.45) is 0 Å². The molecule has 1 heterocycles. The summed E-state index contributed by atoms with van der Waals surface area (Å²) in [6, 6.07) is 4.03. The third-order valence-electron chi connectivity index (χ3n) is 2.62. The van der Waals surface area contributed by atoms with Gasteiger partial charge in [-0.25, -0.2) is 4.98 Å². The summed E-state index contributed by atoms with van der Waals surface area (Å²) in [5.74, 6) is 0.893. The zero-order chi connectivity index (χ0) is 12.5. The van der Waals surface area contributed by atoms with E-state index in [9.17, 15) is 0 Å². The van der Waals surface area contributed by atoms with Gasteiger partial charge in [-0.15, -0.1) is 0 Å². The normalized spacial score (nSPS) is 10.3. The number of aliphatic hydroxyl groups excluding tert-OH is 1. The zero-order valence-electron chi connectivity index (χ0n) is 10.8. The number of unbranched alkanes of at least 4 members (excludes halogenated alkanes) is 1. The lowest BCUT2D eigenvalue weighted by atomic mass is 10.2. The van der Waals surface area contributed by atoms with Crippen molar-refractivity contribution in [1.29, 1.82) is 0 Å². The molecule has 0 saturated heterocycles. The number of nitrogens with zero attached hydrogens (tertiary/aromatic N) is 2. The molecule has 0 fully saturated rings. The summed E-state index contributed by atoms with van der Waals surface area (Å²) in [4.78, 5) is 6.45. The molecule has 1 rings (SSSR count). The van der Waals surface area contributed by atoms with Gasteiger partial charge in [0, 0.05) is 37.6 Å². The number of aliphatic hydroxyl groups is 1. The van der Waals surface area contributed by atoms with E-state index < -0.39 is 0 Å². The Morgan fingerprint density at radius 1 is 1.35 bits per heavy atom. The van der Waals surface area contributed by atoms with Crippen LogP contribution in [0.1, 0.15) is 26.7 Å². The van der Waals surface area contributed by atoms with Gasteiger partial charge in [-0.1, -0.05) is 13.3 Å². The van der Waals surface area contributed by atoms with Crippen LogP contribution in [0.25, 0.3) is 0 Å². The molecule has 0 saturated carbocycles. The van der Waals surface area contributed by atoms with Crippen LogP contribution >= 0.6 is 0 Å². The van der Waals surface area contributed by atoms with Gasteiger partial charge in [0.1, 0.15) is 5.82 Å². The highest BCUT2D eigenvalue weighted by molar-refractivity contribution is 5.53. The number of aromatic nitrogens is 1. The summed E-state index contributed by atoms with van der Waals surface area (Å²) in [6.07, 6.45) is 4.11. The minimum absolute atomic E-state index is 0.183. The van der Waals surface area contributed by atoms with Crippen molar-refractivity contribution in [3.05, 3.63) is 18.3 Å². The minimum atomic E-state index is 0.183. The van der Waals surface area contributed by atoms with Crippen LogP contribution in [0.5, 0.6) is 0 Å². The predicted molar refractivity (Wildman–Crippen MR) is 72.6 cm³/mol. The molecule has 17 heavy (non-hydrogen) atoms. The van der Waals surface area contributed by atoms with Crippen molar-refractivity contribution < 1.29 is 5.11 Å². The molecule has 96 valence electrons. The van der Waals surface area contributed by atoms with Crippen LogP contribution in [0.4, 0.5) is 11.5 Å². The second kappa shape index (κ2) is 7.90. The minimum Gasteiger partial charge on any atom is -0.395 e. The molecule has 0 aliphatic carbocycles. The quantitative estimate of drug-likeness (QED) is 0.727. The van der Waals surface area contributed by atoms with E-state index in [2.05, 4.69) is 29.0 Å². The number of anilines is 2. The van der Waals surface area contributed by atoms with Gasteiger partial charge in [0.25, 0.3) is 0 Å². The Bertz CT molecular complexity index is 317. The summed E-state index contributed by atoms with van der Waals surface area (Å²) in [5, 5.41) is 12.3. The summed E-state index contributed by atoms with van der Waals surface area (Å²) >= 11 is 0. The van der Waals surface area contributed by atoms with Gasteiger partial charge in [0.15, 0.2) is 0 Å². The van der Waals surface area contributed by atoms with Gasteiger partial charge in [-0.2, -0.15) is 0 Å². The second-order valence-corrected chi connectivity index (χ2v) is 3.99. The lowest BCUT2D eigenvalue weighted by Crippen LogP contribution is -2.27. The van der Waals surface area contributed by atoms with Crippen molar-refractivity contribution in [3.63, 3.8) is 0 Å². The maximum Gasteiger partial charge on any atom is 0.127 e. The molecular formula is C13H23N3O. The molecular weight excluding hydrogens is 214 g/mol. The molecule has 4 nitrogen and oxygen atoms in total. The smallest absolute Gasteiger partial charge is 0.127 e. The van der Waals surface area contributed by atoms with E-state index in [-0.39, 0.29) is 6.61 Å². The molecule has 0 amide bonds. The van der Waals surface area contributed by atoms with Gasteiger partial charge in [0.05, 0.1) is 6.61 Å². The molecule has 0 radical (unpaired) electrons. The van der Waals surface area contributed by atoms with Crippen molar-refractivity contribution >= 4 is 11.5 Å². The van der Waals surface area contributed by atoms with Crippen molar-refractivity contribution in [1.82, 2.24) is 4.98 Å². The first-order valence-corrected chi connectivity index (χ1v) is 6.37. The van der Waals surface area contributed by atoms with Crippen LogP contribution in [-0.2, 0) is 0 Å². The fraction of sp³-hybridized carbons (Fsp3) is 0.615.